The van der Waals surface area contributed by atoms with Gasteiger partial charge in [-0.25, -0.2) is 13.1 Å². The zero-order valence-corrected chi connectivity index (χ0v) is 13.6. The van der Waals surface area contributed by atoms with E-state index in [1.54, 1.807) is 6.92 Å². The van der Waals surface area contributed by atoms with Crippen LogP contribution >= 0.6 is 34.8 Å². The Morgan fingerprint density at radius 1 is 1.20 bits per heavy atom. The van der Waals surface area contributed by atoms with Gasteiger partial charge in [0.1, 0.15) is 16.4 Å². The molecular formula is C11H10Cl3N3O2S. The Morgan fingerprint density at radius 2 is 1.70 bits per heavy atom. The minimum atomic E-state index is -3.51. The zero-order valence-electron chi connectivity index (χ0n) is 10.5. The smallest absolute Gasteiger partial charge is 0.181 e. The maximum atomic E-state index is 11.7. The van der Waals surface area contributed by atoms with Gasteiger partial charge in [-0.1, -0.05) is 34.8 Å². The first-order valence-electron chi connectivity index (χ1n) is 5.33. The molecule has 0 bridgehead atoms. The van der Waals surface area contributed by atoms with Gasteiger partial charge in [-0.3, -0.25) is 0 Å². The van der Waals surface area contributed by atoms with E-state index in [1.807, 2.05) is 0 Å². The van der Waals surface area contributed by atoms with Crippen LogP contribution in [-0.4, -0.2) is 24.5 Å². The standard InChI is InChI=1S/C11H10Cl3N3O2S/c1-5-10(20(2,18)19)11(15)17(16-5)9-7(13)3-6(12)4-8(9)14/h3-4H,15H2,1-2H3. The Labute approximate surface area is 131 Å². The van der Waals surface area contributed by atoms with Crippen molar-refractivity contribution in [3.8, 4) is 5.69 Å². The van der Waals surface area contributed by atoms with Crippen molar-refractivity contribution < 1.29 is 8.42 Å². The van der Waals surface area contributed by atoms with E-state index in [2.05, 4.69) is 5.10 Å². The lowest BCUT2D eigenvalue weighted by molar-refractivity contribution is 0.601. The second kappa shape index (κ2) is 5.11. The van der Waals surface area contributed by atoms with Crippen LogP contribution < -0.4 is 5.73 Å². The molecule has 2 N–H and O–H groups in total. The van der Waals surface area contributed by atoms with Crippen LogP contribution in [0.2, 0.25) is 15.1 Å². The highest BCUT2D eigenvalue weighted by atomic mass is 35.5. The summed E-state index contributed by atoms with van der Waals surface area (Å²) in [6.45, 7) is 1.54. The highest BCUT2D eigenvalue weighted by Crippen LogP contribution is 2.35. The van der Waals surface area contributed by atoms with Crippen molar-refractivity contribution in [2.45, 2.75) is 11.8 Å². The van der Waals surface area contributed by atoms with E-state index in [9.17, 15) is 8.42 Å². The maximum absolute atomic E-state index is 11.7. The Kier molecular flexibility index (Phi) is 3.94. The number of hydrogen-bond acceptors (Lipinski definition) is 4. The number of nitrogens with zero attached hydrogens (tertiary/aromatic N) is 2. The summed E-state index contributed by atoms with van der Waals surface area (Å²) in [7, 11) is -3.51. The number of hydrogen-bond donors (Lipinski definition) is 1. The molecule has 0 unspecified atom stereocenters. The molecule has 0 aliphatic rings. The van der Waals surface area contributed by atoms with E-state index in [0.29, 0.717) is 5.02 Å². The third-order valence-electron chi connectivity index (χ3n) is 2.60. The Hall–Kier alpha value is -0.950. The summed E-state index contributed by atoms with van der Waals surface area (Å²) >= 11 is 18.0. The largest absolute Gasteiger partial charge is 0.382 e. The second-order valence-electron chi connectivity index (χ2n) is 4.20. The van der Waals surface area contributed by atoms with Crippen molar-refractivity contribution in [1.29, 1.82) is 0 Å². The molecular weight excluding hydrogens is 345 g/mol. The van der Waals surface area contributed by atoms with Crippen molar-refractivity contribution in [1.82, 2.24) is 9.78 Å². The fourth-order valence-electron chi connectivity index (χ4n) is 1.90. The van der Waals surface area contributed by atoms with E-state index in [-0.39, 0.29) is 32.1 Å². The van der Waals surface area contributed by atoms with E-state index < -0.39 is 9.84 Å². The molecule has 20 heavy (non-hydrogen) atoms. The first-order chi connectivity index (χ1) is 9.12. The van der Waals surface area contributed by atoms with Crippen LogP contribution in [0.4, 0.5) is 5.82 Å². The molecule has 1 aromatic carbocycles. The third-order valence-corrected chi connectivity index (χ3v) is 4.64. The lowest BCUT2D eigenvalue weighted by Gasteiger charge is -2.09. The molecule has 9 heteroatoms. The summed E-state index contributed by atoms with van der Waals surface area (Å²) in [6.07, 6.45) is 1.06. The average Bonchev–Trinajstić information content (AvgIpc) is 2.51. The molecule has 0 spiro atoms. The minimum Gasteiger partial charge on any atom is -0.382 e. The van der Waals surface area contributed by atoms with Crippen LogP contribution in [0, 0.1) is 6.92 Å². The van der Waals surface area contributed by atoms with Gasteiger partial charge in [0, 0.05) is 11.3 Å². The predicted octanol–water partition coefficient (Wildman–Crippen LogP) is 3.13. The lowest BCUT2D eigenvalue weighted by Crippen LogP contribution is -2.06. The second-order valence-corrected chi connectivity index (χ2v) is 7.41. The highest BCUT2D eigenvalue weighted by Gasteiger charge is 2.24. The molecule has 0 saturated carbocycles. The summed E-state index contributed by atoms with van der Waals surface area (Å²) in [6, 6.07) is 2.95. The Balaban J connectivity index is 2.80. The van der Waals surface area contributed by atoms with Crippen molar-refractivity contribution >= 4 is 50.5 Å². The molecule has 108 valence electrons. The molecule has 1 heterocycles. The Bertz CT molecular complexity index is 776. The fraction of sp³-hybridized carbons (Fsp3) is 0.182. The number of aryl methyl sites for hydroxylation is 1. The molecule has 0 amide bonds. The van der Waals surface area contributed by atoms with E-state index in [4.69, 9.17) is 40.5 Å². The van der Waals surface area contributed by atoms with E-state index in [0.717, 1.165) is 6.26 Å². The number of halogens is 3. The highest BCUT2D eigenvalue weighted by molar-refractivity contribution is 7.91. The van der Waals surface area contributed by atoms with Crippen LogP contribution in [-0.2, 0) is 9.84 Å². The number of benzene rings is 1. The summed E-state index contributed by atoms with van der Waals surface area (Å²) in [5.74, 6) is -0.0453. The third kappa shape index (κ3) is 2.61. The van der Waals surface area contributed by atoms with Crippen molar-refractivity contribution in [2.24, 2.45) is 0 Å². The van der Waals surface area contributed by atoms with Gasteiger partial charge in [0.05, 0.1) is 15.7 Å². The first-order valence-corrected chi connectivity index (χ1v) is 8.35. The van der Waals surface area contributed by atoms with Crippen LogP contribution in [0.1, 0.15) is 5.69 Å². The fourth-order valence-corrected chi connectivity index (χ4v) is 3.92. The number of sulfone groups is 1. The van der Waals surface area contributed by atoms with Crippen molar-refractivity contribution in [3.05, 3.63) is 32.9 Å². The number of rotatable bonds is 2. The average molecular weight is 355 g/mol. The molecule has 0 radical (unpaired) electrons. The molecule has 2 aromatic rings. The zero-order chi connectivity index (χ0) is 15.2. The van der Waals surface area contributed by atoms with Gasteiger partial charge < -0.3 is 5.73 Å². The van der Waals surface area contributed by atoms with Crippen LogP contribution in [0.15, 0.2) is 17.0 Å². The van der Waals surface area contributed by atoms with Gasteiger partial charge in [0.15, 0.2) is 9.84 Å². The SMILES string of the molecule is Cc1nn(-c2c(Cl)cc(Cl)cc2Cl)c(N)c1S(C)(=O)=O. The van der Waals surface area contributed by atoms with Crippen LogP contribution in [0.3, 0.4) is 0 Å². The van der Waals surface area contributed by atoms with Crippen molar-refractivity contribution in [3.63, 3.8) is 0 Å². The monoisotopic (exact) mass is 353 g/mol. The van der Waals surface area contributed by atoms with Gasteiger partial charge in [-0.2, -0.15) is 5.10 Å². The number of nitrogen functional groups attached to an aromatic ring is 1. The predicted molar refractivity (Wildman–Crippen MR) is 80.9 cm³/mol. The van der Waals surface area contributed by atoms with E-state index in [1.165, 1.54) is 16.8 Å². The molecule has 0 aliphatic carbocycles. The molecule has 0 aliphatic heterocycles. The van der Waals surface area contributed by atoms with Gasteiger partial charge in [0.2, 0.25) is 0 Å². The van der Waals surface area contributed by atoms with E-state index >= 15 is 0 Å². The summed E-state index contributed by atoms with van der Waals surface area (Å²) in [5, 5.41) is 4.89. The molecule has 1 aromatic heterocycles. The summed E-state index contributed by atoms with van der Waals surface area (Å²) in [5.41, 5.74) is 6.43. The first kappa shape index (κ1) is 15.4. The Morgan fingerprint density at radius 3 is 2.10 bits per heavy atom. The molecule has 5 nitrogen and oxygen atoms in total. The molecule has 0 saturated heterocycles. The topological polar surface area (TPSA) is 78.0 Å². The van der Waals surface area contributed by atoms with Crippen LogP contribution in [0.25, 0.3) is 5.69 Å². The molecule has 0 fully saturated rings. The number of nitrogens with two attached hydrogens (primary N) is 1. The number of anilines is 1. The van der Waals surface area contributed by atoms with Crippen LogP contribution in [0.5, 0.6) is 0 Å². The quantitative estimate of drug-likeness (QED) is 0.898. The normalized spacial score (nSPS) is 11.8. The van der Waals surface area contributed by atoms with Gasteiger partial charge >= 0.3 is 0 Å². The summed E-state index contributed by atoms with van der Waals surface area (Å²) < 4.78 is 24.6. The van der Waals surface area contributed by atoms with Gasteiger partial charge in [0.25, 0.3) is 0 Å². The van der Waals surface area contributed by atoms with Crippen molar-refractivity contribution in [2.75, 3.05) is 12.0 Å². The lowest BCUT2D eigenvalue weighted by atomic mass is 10.3. The molecule has 2 rings (SSSR count). The summed E-state index contributed by atoms with van der Waals surface area (Å²) in [4.78, 5) is -0.0421. The minimum absolute atomic E-state index is 0.0421. The maximum Gasteiger partial charge on any atom is 0.181 e. The van der Waals surface area contributed by atoms with Gasteiger partial charge in [-0.05, 0) is 19.1 Å². The van der Waals surface area contributed by atoms with Gasteiger partial charge in [-0.15, -0.1) is 0 Å². The molecule has 0 atom stereocenters. The number of aromatic nitrogens is 2.